The van der Waals surface area contributed by atoms with Crippen molar-refractivity contribution in [2.24, 2.45) is 0 Å². The molecule has 0 aliphatic carbocycles. The van der Waals surface area contributed by atoms with Gasteiger partial charge in [-0.1, -0.05) is 48.5 Å². The van der Waals surface area contributed by atoms with Crippen LogP contribution in [-0.4, -0.2) is 24.0 Å². The van der Waals surface area contributed by atoms with E-state index in [-0.39, 0.29) is 0 Å². The van der Waals surface area contributed by atoms with Crippen LogP contribution in [0, 0.1) is 0 Å². The Labute approximate surface area is 136 Å². The second kappa shape index (κ2) is 6.57. The van der Waals surface area contributed by atoms with Crippen LogP contribution in [0.2, 0.25) is 0 Å². The lowest BCUT2D eigenvalue weighted by atomic mass is 10.2. The molecule has 1 unspecified atom stereocenters. The van der Waals surface area contributed by atoms with Crippen LogP contribution in [0.15, 0.2) is 65.1 Å². The Hall–Kier alpha value is -2.10. The number of para-hydroxylation sites is 1. The number of furan rings is 1. The van der Waals surface area contributed by atoms with Crippen molar-refractivity contribution in [3.05, 3.63) is 72.0 Å². The fraction of sp³-hybridized carbons (Fsp3) is 0.300. The highest BCUT2D eigenvalue weighted by atomic mass is 16.3. The molecule has 3 heteroatoms. The summed E-state index contributed by atoms with van der Waals surface area (Å²) in [6.45, 7) is 4.12. The highest BCUT2D eigenvalue weighted by Gasteiger charge is 2.22. The van der Waals surface area contributed by atoms with Gasteiger partial charge in [-0.3, -0.25) is 4.90 Å². The van der Waals surface area contributed by atoms with E-state index in [9.17, 15) is 0 Å². The Kier molecular flexibility index (Phi) is 4.14. The molecule has 0 amide bonds. The minimum atomic E-state index is 0.548. The van der Waals surface area contributed by atoms with Gasteiger partial charge in [-0.25, -0.2) is 0 Å². The maximum atomic E-state index is 5.87. The number of rotatable bonds is 5. The van der Waals surface area contributed by atoms with Gasteiger partial charge in [-0.2, -0.15) is 0 Å². The number of hydrogen-bond acceptors (Lipinski definition) is 3. The van der Waals surface area contributed by atoms with Crippen molar-refractivity contribution in [1.82, 2.24) is 10.2 Å². The summed E-state index contributed by atoms with van der Waals surface area (Å²) in [5.74, 6) is 1.02. The highest BCUT2D eigenvalue weighted by molar-refractivity contribution is 5.77. The van der Waals surface area contributed by atoms with E-state index in [1.807, 2.05) is 18.2 Å². The summed E-state index contributed by atoms with van der Waals surface area (Å²) < 4.78 is 5.87. The van der Waals surface area contributed by atoms with Gasteiger partial charge in [0, 0.05) is 31.1 Å². The molecule has 3 nitrogen and oxygen atoms in total. The van der Waals surface area contributed by atoms with Crippen LogP contribution >= 0.6 is 0 Å². The van der Waals surface area contributed by atoms with Gasteiger partial charge in [0.15, 0.2) is 0 Å². The van der Waals surface area contributed by atoms with Gasteiger partial charge in [0.1, 0.15) is 11.3 Å². The zero-order valence-corrected chi connectivity index (χ0v) is 13.2. The number of nitrogens with one attached hydrogen (secondary N) is 1. The summed E-state index contributed by atoms with van der Waals surface area (Å²) in [4.78, 5) is 2.52. The molecule has 23 heavy (non-hydrogen) atoms. The summed E-state index contributed by atoms with van der Waals surface area (Å²) in [6.07, 6.45) is 1.20. The zero-order valence-electron chi connectivity index (χ0n) is 13.2. The van der Waals surface area contributed by atoms with E-state index in [4.69, 9.17) is 4.42 Å². The fourth-order valence-corrected chi connectivity index (χ4v) is 3.35. The van der Waals surface area contributed by atoms with Gasteiger partial charge in [0.2, 0.25) is 0 Å². The molecule has 1 saturated heterocycles. The van der Waals surface area contributed by atoms with Crippen LogP contribution in [0.1, 0.15) is 17.7 Å². The van der Waals surface area contributed by atoms with Crippen LogP contribution in [0.3, 0.4) is 0 Å². The van der Waals surface area contributed by atoms with Crippen LogP contribution in [0.25, 0.3) is 11.0 Å². The van der Waals surface area contributed by atoms with Crippen molar-refractivity contribution in [3.8, 4) is 0 Å². The van der Waals surface area contributed by atoms with Gasteiger partial charge < -0.3 is 9.73 Å². The second-order valence-electron chi connectivity index (χ2n) is 6.34. The number of benzene rings is 2. The SMILES string of the molecule is c1ccc(CN2CCC(NCc3cc4ccccc4o3)C2)cc1. The zero-order chi connectivity index (χ0) is 15.5. The quantitative estimate of drug-likeness (QED) is 0.777. The summed E-state index contributed by atoms with van der Waals surface area (Å²) in [7, 11) is 0. The van der Waals surface area contributed by atoms with Crippen LogP contribution < -0.4 is 5.32 Å². The Morgan fingerprint density at radius 2 is 1.87 bits per heavy atom. The Morgan fingerprint density at radius 1 is 1.04 bits per heavy atom. The molecule has 0 radical (unpaired) electrons. The normalized spacial score (nSPS) is 18.7. The first-order valence-corrected chi connectivity index (χ1v) is 8.34. The Balaban J connectivity index is 1.30. The summed E-state index contributed by atoms with van der Waals surface area (Å²) >= 11 is 0. The van der Waals surface area contributed by atoms with E-state index in [0.717, 1.165) is 37.5 Å². The molecule has 1 aliphatic rings. The molecule has 1 fully saturated rings. The minimum Gasteiger partial charge on any atom is -0.460 e. The van der Waals surface area contributed by atoms with Gasteiger partial charge in [0.05, 0.1) is 6.54 Å². The topological polar surface area (TPSA) is 28.4 Å². The molecule has 1 aromatic heterocycles. The standard InChI is InChI=1S/C20H22N2O/c1-2-6-16(7-3-1)14-22-11-10-18(15-22)21-13-19-12-17-8-4-5-9-20(17)23-19/h1-9,12,18,21H,10-11,13-15H2. The van der Waals surface area contributed by atoms with Crippen molar-refractivity contribution >= 4 is 11.0 Å². The van der Waals surface area contributed by atoms with Crippen LogP contribution in [0.5, 0.6) is 0 Å². The molecule has 1 aliphatic heterocycles. The van der Waals surface area contributed by atoms with Crippen molar-refractivity contribution in [3.63, 3.8) is 0 Å². The van der Waals surface area contributed by atoms with E-state index in [1.165, 1.54) is 17.4 Å². The first kappa shape index (κ1) is 14.5. The molecule has 118 valence electrons. The second-order valence-corrected chi connectivity index (χ2v) is 6.34. The average Bonchev–Trinajstić information content (AvgIpc) is 3.20. The predicted octanol–water partition coefficient (Wildman–Crippen LogP) is 3.80. The number of fused-ring (bicyclic) bond motifs is 1. The molecular formula is C20H22N2O. The molecule has 4 rings (SSSR count). The lowest BCUT2D eigenvalue weighted by Crippen LogP contribution is -2.31. The molecule has 2 aromatic carbocycles. The molecule has 3 aromatic rings. The lowest BCUT2D eigenvalue weighted by Gasteiger charge is -2.16. The van der Waals surface area contributed by atoms with E-state index in [0.29, 0.717) is 6.04 Å². The summed E-state index contributed by atoms with van der Waals surface area (Å²) in [5.41, 5.74) is 2.37. The van der Waals surface area contributed by atoms with Gasteiger partial charge in [-0.15, -0.1) is 0 Å². The van der Waals surface area contributed by atoms with Gasteiger partial charge >= 0.3 is 0 Å². The third-order valence-corrected chi connectivity index (χ3v) is 4.56. The molecule has 0 bridgehead atoms. The van der Waals surface area contributed by atoms with E-state index in [2.05, 4.69) is 52.7 Å². The highest BCUT2D eigenvalue weighted by Crippen LogP contribution is 2.19. The number of nitrogens with zero attached hydrogens (tertiary/aromatic N) is 1. The molecule has 2 heterocycles. The first-order chi connectivity index (χ1) is 11.4. The molecule has 1 N–H and O–H groups in total. The maximum Gasteiger partial charge on any atom is 0.134 e. The third kappa shape index (κ3) is 3.46. The molecule has 0 saturated carbocycles. The Bertz CT molecular complexity index is 732. The smallest absolute Gasteiger partial charge is 0.134 e. The largest absolute Gasteiger partial charge is 0.460 e. The fourth-order valence-electron chi connectivity index (χ4n) is 3.35. The van der Waals surface area contributed by atoms with Gasteiger partial charge in [0.25, 0.3) is 0 Å². The minimum absolute atomic E-state index is 0.548. The molecule has 0 spiro atoms. The van der Waals surface area contributed by atoms with Crippen molar-refractivity contribution < 1.29 is 4.42 Å². The average molecular weight is 306 g/mol. The first-order valence-electron chi connectivity index (χ1n) is 8.34. The predicted molar refractivity (Wildman–Crippen MR) is 93.2 cm³/mol. The van der Waals surface area contributed by atoms with Crippen LogP contribution in [0.4, 0.5) is 0 Å². The summed E-state index contributed by atoms with van der Waals surface area (Å²) in [5, 5.41) is 4.82. The molecule has 1 atom stereocenters. The van der Waals surface area contributed by atoms with Crippen molar-refractivity contribution in [2.45, 2.75) is 25.6 Å². The molecular weight excluding hydrogens is 284 g/mol. The monoisotopic (exact) mass is 306 g/mol. The van der Waals surface area contributed by atoms with Crippen LogP contribution in [-0.2, 0) is 13.1 Å². The number of likely N-dealkylation sites (tertiary alicyclic amines) is 1. The van der Waals surface area contributed by atoms with Gasteiger partial charge in [-0.05, 0) is 24.1 Å². The van der Waals surface area contributed by atoms with E-state index < -0.39 is 0 Å². The Morgan fingerprint density at radius 3 is 2.74 bits per heavy atom. The van der Waals surface area contributed by atoms with E-state index >= 15 is 0 Å². The third-order valence-electron chi connectivity index (χ3n) is 4.56. The number of hydrogen-bond donors (Lipinski definition) is 1. The van der Waals surface area contributed by atoms with E-state index in [1.54, 1.807) is 0 Å². The summed E-state index contributed by atoms with van der Waals surface area (Å²) in [6, 6.07) is 21.6. The van der Waals surface area contributed by atoms with Crippen molar-refractivity contribution in [2.75, 3.05) is 13.1 Å². The lowest BCUT2D eigenvalue weighted by molar-refractivity contribution is 0.318. The maximum absolute atomic E-state index is 5.87. The van der Waals surface area contributed by atoms with Crippen molar-refractivity contribution in [1.29, 1.82) is 0 Å².